The SMILES string of the molecule is CCCC(CC(C)(C)c1ccccc1)C(=O)Nc1ccc2c(c1)COC2=O. The highest BCUT2D eigenvalue weighted by atomic mass is 16.5. The number of carbonyl (C=O) groups excluding carboxylic acids is 2. The first-order chi connectivity index (χ1) is 12.9. The van der Waals surface area contributed by atoms with Crippen LogP contribution in [0.25, 0.3) is 0 Å². The normalized spacial score (nSPS) is 14.4. The van der Waals surface area contributed by atoms with Gasteiger partial charge in [0.1, 0.15) is 6.61 Å². The number of hydrogen-bond acceptors (Lipinski definition) is 3. The maximum absolute atomic E-state index is 13.0. The second-order valence-corrected chi connectivity index (χ2v) is 7.88. The third-order valence-electron chi connectivity index (χ3n) is 5.27. The summed E-state index contributed by atoms with van der Waals surface area (Å²) in [5, 5.41) is 3.04. The van der Waals surface area contributed by atoms with Crippen molar-refractivity contribution in [3.63, 3.8) is 0 Å². The molecule has 3 rings (SSSR count). The molecule has 1 atom stereocenters. The van der Waals surface area contributed by atoms with Crippen molar-refractivity contribution in [2.24, 2.45) is 5.92 Å². The van der Waals surface area contributed by atoms with E-state index in [-0.39, 0.29) is 29.8 Å². The largest absolute Gasteiger partial charge is 0.457 e. The lowest BCUT2D eigenvalue weighted by Crippen LogP contribution is -2.30. The number of rotatable bonds is 7. The number of amides is 1. The molecule has 4 nitrogen and oxygen atoms in total. The predicted molar refractivity (Wildman–Crippen MR) is 107 cm³/mol. The number of benzene rings is 2. The van der Waals surface area contributed by atoms with Crippen molar-refractivity contribution >= 4 is 17.6 Å². The molecule has 27 heavy (non-hydrogen) atoms. The van der Waals surface area contributed by atoms with Crippen molar-refractivity contribution in [1.82, 2.24) is 0 Å². The molecule has 1 N–H and O–H groups in total. The summed E-state index contributed by atoms with van der Waals surface area (Å²) in [6, 6.07) is 15.7. The molecule has 0 spiro atoms. The number of esters is 1. The van der Waals surface area contributed by atoms with Crippen molar-refractivity contribution in [3.05, 3.63) is 65.2 Å². The number of carbonyl (C=O) groups is 2. The molecule has 0 saturated heterocycles. The molecule has 0 aliphatic carbocycles. The van der Waals surface area contributed by atoms with E-state index >= 15 is 0 Å². The molecule has 4 heteroatoms. The van der Waals surface area contributed by atoms with Gasteiger partial charge in [-0.1, -0.05) is 57.5 Å². The Bertz CT molecular complexity index is 827. The molecular weight excluding hydrogens is 338 g/mol. The van der Waals surface area contributed by atoms with Crippen LogP contribution in [0.15, 0.2) is 48.5 Å². The predicted octanol–water partition coefficient (Wildman–Crippen LogP) is 5.08. The van der Waals surface area contributed by atoms with Crippen LogP contribution in [-0.2, 0) is 21.6 Å². The van der Waals surface area contributed by atoms with E-state index in [0.29, 0.717) is 5.56 Å². The van der Waals surface area contributed by atoms with Gasteiger partial charge in [0, 0.05) is 17.2 Å². The molecular formula is C23H27NO3. The van der Waals surface area contributed by atoms with E-state index in [2.05, 4.69) is 38.2 Å². The van der Waals surface area contributed by atoms with Crippen molar-refractivity contribution in [2.75, 3.05) is 5.32 Å². The molecule has 0 fully saturated rings. The van der Waals surface area contributed by atoms with Crippen LogP contribution in [0.4, 0.5) is 5.69 Å². The van der Waals surface area contributed by atoms with Gasteiger partial charge in [0.05, 0.1) is 5.56 Å². The molecule has 1 amide bonds. The summed E-state index contributed by atoms with van der Waals surface area (Å²) >= 11 is 0. The average molecular weight is 365 g/mol. The van der Waals surface area contributed by atoms with Gasteiger partial charge >= 0.3 is 5.97 Å². The molecule has 142 valence electrons. The van der Waals surface area contributed by atoms with Crippen LogP contribution in [-0.4, -0.2) is 11.9 Å². The number of ether oxygens (including phenoxy) is 1. The second kappa shape index (κ2) is 7.95. The van der Waals surface area contributed by atoms with E-state index in [1.165, 1.54) is 5.56 Å². The summed E-state index contributed by atoms with van der Waals surface area (Å²) in [7, 11) is 0. The molecule has 1 heterocycles. The molecule has 0 radical (unpaired) electrons. The van der Waals surface area contributed by atoms with E-state index in [9.17, 15) is 9.59 Å². The van der Waals surface area contributed by atoms with E-state index in [1.807, 2.05) is 24.3 Å². The molecule has 2 aromatic carbocycles. The highest BCUT2D eigenvalue weighted by Crippen LogP contribution is 2.33. The van der Waals surface area contributed by atoms with Gasteiger partial charge in [-0.15, -0.1) is 0 Å². The van der Waals surface area contributed by atoms with Crippen LogP contribution in [0.1, 0.15) is 61.5 Å². The lowest BCUT2D eigenvalue weighted by atomic mass is 9.75. The topological polar surface area (TPSA) is 55.4 Å². The van der Waals surface area contributed by atoms with E-state index < -0.39 is 0 Å². The second-order valence-electron chi connectivity index (χ2n) is 7.88. The van der Waals surface area contributed by atoms with Crippen LogP contribution < -0.4 is 5.32 Å². The van der Waals surface area contributed by atoms with Gasteiger partial charge < -0.3 is 10.1 Å². The molecule has 1 unspecified atom stereocenters. The van der Waals surface area contributed by atoms with Gasteiger partial charge in [-0.3, -0.25) is 4.79 Å². The number of anilines is 1. The van der Waals surface area contributed by atoms with Crippen molar-refractivity contribution < 1.29 is 14.3 Å². The van der Waals surface area contributed by atoms with Crippen LogP contribution in [0.3, 0.4) is 0 Å². The zero-order chi connectivity index (χ0) is 19.4. The number of nitrogens with one attached hydrogen (secondary N) is 1. The minimum atomic E-state index is -0.295. The zero-order valence-electron chi connectivity index (χ0n) is 16.2. The quantitative estimate of drug-likeness (QED) is 0.696. The Labute approximate surface area is 160 Å². The molecule has 0 bridgehead atoms. The number of cyclic esters (lactones) is 1. The van der Waals surface area contributed by atoms with Crippen molar-refractivity contribution in [1.29, 1.82) is 0 Å². The van der Waals surface area contributed by atoms with Crippen LogP contribution in [0.5, 0.6) is 0 Å². The molecule has 0 saturated carbocycles. The lowest BCUT2D eigenvalue weighted by Gasteiger charge is -2.30. The van der Waals surface area contributed by atoms with E-state index in [1.54, 1.807) is 12.1 Å². The molecule has 1 aliphatic rings. The van der Waals surface area contributed by atoms with Crippen LogP contribution in [0, 0.1) is 5.92 Å². The average Bonchev–Trinajstić information content (AvgIpc) is 3.02. The highest BCUT2D eigenvalue weighted by molar-refractivity contribution is 5.96. The lowest BCUT2D eigenvalue weighted by molar-refractivity contribution is -0.120. The number of fused-ring (bicyclic) bond motifs is 1. The summed E-state index contributed by atoms with van der Waals surface area (Å²) in [6.07, 6.45) is 2.58. The third kappa shape index (κ3) is 4.38. The van der Waals surface area contributed by atoms with Gasteiger partial charge in [0.25, 0.3) is 0 Å². The van der Waals surface area contributed by atoms with E-state index in [0.717, 1.165) is 30.5 Å². The third-order valence-corrected chi connectivity index (χ3v) is 5.27. The van der Waals surface area contributed by atoms with Crippen LogP contribution in [0.2, 0.25) is 0 Å². The summed E-state index contributed by atoms with van der Waals surface area (Å²) in [4.78, 5) is 24.5. The summed E-state index contributed by atoms with van der Waals surface area (Å²) in [5.74, 6) is -0.335. The van der Waals surface area contributed by atoms with Crippen molar-refractivity contribution in [2.45, 2.75) is 52.1 Å². The van der Waals surface area contributed by atoms with Gasteiger partial charge in [-0.05, 0) is 42.0 Å². The summed E-state index contributed by atoms with van der Waals surface area (Å²) in [5.41, 5.74) is 3.29. The Hall–Kier alpha value is -2.62. The smallest absolute Gasteiger partial charge is 0.338 e. The molecule has 2 aromatic rings. The fourth-order valence-corrected chi connectivity index (χ4v) is 3.75. The first-order valence-corrected chi connectivity index (χ1v) is 9.57. The fourth-order valence-electron chi connectivity index (χ4n) is 3.75. The number of hydrogen-bond donors (Lipinski definition) is 1. The monoisotopic (exact) mass is 365 g/mol. The summed E-state index contributed by atoms with van der Waals surface area (Å²) in [6.45, 7) is 6.76. The standard InChI is InChI=1S/C23H27NO3/c1-4-8-16(14-23(2,3)18-9-6-5-7-10-18)21(25)24-19-11-12-20-17(13-19)15-27-22(20)26/h5-7,9-13,16H,4,8,14-15H2,1-3H3,(H,24,25). The fraction of sp³-hybridized carbons (Fsp3) is 0.391. The Kier molecular flexibility index (Phi) is 5.64. The first kappa shape index (κ1) is 19.2. The van der Waals surface area contributed by atoms with Gasteiger partial charge in [0.2, 0.25) is 5.91 Å². The van der Waals surface area contributed by atoms with Gasteiger partial charge in [-0.25, -0.2) is 4.79 Å². The Morgan fingerprint density at radius 1 is 1.19 bits per heavy atom. The maximum atomic E-state index is 13.0. The minimum Gasteiger partial charge on any atom is -0.457 e. The minimum absolute atomic E-state index is 0.0334. The Morgan fingerprint density at radius 3 is 2.63 bits per heavy atom. The van der Waals surface area contributed by atoms with Crippen LogP contribution >= 0.6 is 0 Å². The Balaban J connectivity index is 1.73. The molecule has 0 aromatic heterocycles. The summed E-state index contributed by atoms with van der Waals surface area (Å²) < 4.78 is 5.03. The Morgan fingerprint density at radius 2 is 1.93 bits per heavy atom. The van der Waals surface area contributed by atoms with Gasteiger partial charge in [0.15, 0.2) is 0 Å². The maximum Gasteiger partial charge on any atom is 0.338 e. The zero-order valence-corrected chi connectivity index (χ0v) is 16.2. The van der Waals surface area contributed by atoms with E-state index in [4.69, 9.17) is 4.74 Å². The highest BCUT2D eigenvalue weighted by Gasteiger charge is 2.29. The molecule has 1 aliphatic heterocycles. The van der Waals surface area contributed by atoms with Gasteiger partial charge in [-0.2, -0.15) is 0 Å². The first-order valence-electron chi connectivity index (χ1n) is 9.57. The van der Waals surface area contributed by atoms with Crippen molar-refractivity contribution in [3.8, 4) is 0 Å².